The molecule has 0 radical (unpaired) electrons. The van der Waals surface area contributed by atoms with Crippen molar-refractivity contribution in [2.75, 3.05) is 38.8 Å². The summed E-state index contributed by atoms with van der Waals surface area (Å²) in [6.45, 7) is 9.49. The highest BCUT2D eigenvalue weighted by Gasteiger charge is 2.34. The number of ether oxygens (including phenoxy) is 1. The van der Waals surface area contributed by atoms with Crippen LogP contribution in [-0.2, 0) is 11.2 Å². The second-order valence-corrected chi connectivity index (χ2v) is 7.39. The van der Waals surface area contributed by atoms with Gasteiger partial charge in [0.2, 0.25) is 0 Å². The zero-order valence-corrected chi connectivity index (χ0v) is 14.1. The van der Waals surface area contributed by atoms with Crippen LogP contribution < -0.4 is 10.2 Å². The molecule has 0 spiro atoms. The fraction of sp³-hybridized carbons (Fsp3) is 0.800. The van der Waals surface area contributed by atoms with Crippen molar-refractivity contribution >= 4 is 16.5 Å². The molecule has 2 rings (SSSR count). The number of thiazole rings is 1. The van der Waals surface area contributed by atoms with Crippen LogP contribution in [0.5, 0.6) is 0 Å². The molecule has 1 aromatic rings. The van der Waals surface area contributed by atoms with Crippen LogP contribution in [0.1, 0.15) is 43.8 Å². The molecule has 0 amide bonds. The third-order valence-electron chi connectivity index (χ3n) is 3.84. The van der Waals surface area contributed by atoms with Gasteiger partial charge in [0, 0.05) is 31.6 Å². The second-order valence-electron chi connectivity index (χ2n) is 6.38. The van der Waals surface area contributed by atoms with Crippen LogP contribution in [0.2, 0.25) is 0 Å². The Balaban J connectivity index is 2.21. The number of methoxy groups -OCH3 is 1. The van der Waals surface area contributed by atoms with Crippen molar-refractivity contribution in [2.45, 2.75) is 39.7 Å². The summed E-state index contributed by atoms with van der Waals surface area (Å²) in [6, 6.07) is 0.459. The SMILES string of the molecule is CCNC1CC(C)(C)Cc2nc(N(C)CCOC)sc21. The summed E-state index contributed by atoms with van der Waals surface area (Å²) in [5, 5.41) is 4.74. The summed E-state index contributed by atoms with van der Waals surface area (Å²) >= 11 is 1.84. The van der Waals surface area contributed by atoms with E-state index in [1.54, 1.807) is 7.11 Å². The van der Waals surface area contributed by atoms with Gasteiger partial charge in [-0.1, -0.05) is 32.1 Å². The molecule has 4 nitrogen and oxygen atoms in total. The molecule has 0 aliphatic heterocycles. The monoisotopic (exact) mass is 297 g/mol. The number of hydrogen-bond donors (Lipinski definition) is 1. The van der Waals surface area contributed by atoms with E-state index in [0.29, 0.717) is 11.5 Å². The summed E-state index contributed by atoms with van der Waals surface area (Å²) in [5.74, 6) is 0. The highest BCUT2D eigenvalue weighted by atomic mass is 32.1. The fourth-order valence-electron chi connectivity index (χ4n) is 2.82. The van der Waals surface area contributed by atoms with Gasteiger partial charge in [-0.3, -0.25) is 0 Å². The molecule has 5 heteroatoms. The zero-order valence-electron chi connectivity index (χ0n) is 13.3. The Morgan fingerprint density at radius 2 is 2.25 bits per heavy atom. The Morgan fingerprint density at radius 1 is 1.50 bits per heavy atom. The van der Waals surface area contributed by atoms with Crippen LogP contribution in [-0.4, -0.2) is 38.8 Å². The first-order chi connectivity index (χ1) is 9.46. The van der Waals surface area contributed by atoms with Gasteiger partial charge in [-0.2, -0.15) is 0 Å². The largest absolute Gasteiger partial charge is 0.383 e. The molecule has 1 aromatic heterocycles. The Kier molecular flexibility index (Phi) is 5.04. The van der Waals surface area contributed by atoms with E-state index in [-0.39, 0.29) is 0 Å². The number of aromatic nitrogens is 1. The van der Waals surface area contributed by atoms with Crippen LogP contribution >= 0.6 is 11.3 Å². The third-order valence-corrected chi connectivity index (χ3v) is 5.17. The zero-order chi connectivity index (χ0) is 14.8. The van der Waals surface area contributed by atoms with Crippen molar-refractivity contribution in [3.8, 4) is 0 Å². The van der Waals surface area contributed by atoms with Gasteiger partial charge in [0.1, 0.15) is 0 Å². The van der Waals surface area contributed by atoms with Crippen molar-refractivity contribution in [1.82, 2.24) is 10.3 Å². The molecular weight excluding hydrogens is 270 g/mol. The normalized spacial score (nSPS) is 20.8. The first-order valence-corrected chi connectivity index (χ1v) is 8.21. The van der Waals surface area contributed by atoms with E-state index in [0.717, 1.165) is 31.2 Å². The van der Waals surface area contributed by atoms with E-state index in [9.17, 15) is 0 Å². The van der Waals surface area contributed by atoms with Gasteiger partial charge in [-0.15, -0.1) is 0 Å². The molecular formula is C15H27N3OS. The van der Waals surface area contributed by atoms with Gasteiger partial charge in [0.15, 0.2) is 5.13 Å². The van der Waals surface area contributed by atoms with Crippen LogP contribution in [0, 0.1) is 5.41 Å². The van der Waals surface area contributed by atoms with Crippen LogP contribution in [0.25, 0.3) is 0 Å². The molecule has 0 saturated carbocycles. The van der Waals surface area contributed by atoms with E-state index in [1.807, 2.05) is 11.3 Å². The lowest BCUT2D eigenvalue weighted by molar-refractivity contribution is 0.206. The minimum absolute atomic E-state index is 0.330. The maximum atomic E-state index is 5.15. The van der Waals surface area contributed by atoms with Gasteiger partial charge < -0.3 is 15.0 Å². The summed E-state index contributed by atoms with van der Waals surface area (Å²) in [4.78, 5) is 8.51. The van der Waals surface area contributed by atoms with Crippen molar-refractivity contribution in [3.63, 3.8) is 0 Å². The number of fused-ring (bicyclic) bond motifs is 1. The third kappa shape index (κ3) is 3.51. The lowest BCUT2D eigenvalue weighted by Crippen LogP contribution is -2.32. The van der Waals surface area contributed by atoms with Crippen LogP contribution in [0.15, 0.2) is 0 Å². The number of nitrogens with zero attached hydrogens (tertiary/aromatic N) is 2. The van der Waals surface area contributed by atoms with E-state index < -0.39 is 0 Å². The maximum Gasteiger partial charge on any atom is 0.185 e. The molecule has 1 heterocycles. The van der Waals surface area contributed by atoms with Crippen molar-refractivity contribution in [2.24, 2.45) is 5.41 Å². The van der Waals surface area contributed by atoms with Gasteiger partial charge in [0.05, 0.1) is 12.3 Å². The minimum atomic E-state index is 0.330. The first-order valence-electron chi connectivity index (χ1n) is 7.40. The molecule has 20 heavy (non-hydrogen) atoms. The molecule has 0 bridgehead atoms. The van der Waals surface area contributed by atoms with Crippen molar-refractivity contribution in [3.05, 3.63) is 10.6 Å². The molecule has 1 unspecified atom stereocenters. The highest BCUT2D eigenvalue weighted by Crippen LogP contribution is 2.44. The van der Waals surface area contributed by atoms with E-state index in [2.05, 4.69) is 38.0 Å². The molecule has 0 fully saturated rings. The Morgan fingerprint density at radius 3 is 2.90 bits per heavy atom. The standard InChI is InChI=1S/C15H27N3OS/c1-6-16-11-9-15(2,3)10-12-13(11)20-14(17-12)18(4)7-8-19-5/h11,16H,6-10H2,1-5H3. The summed E-state index contributed by atoms with van der Waals surface area (Å²) in [7, 11) is 3.83. The van der Waals surface area contributed by atoms with Gasteiger partial charge >= 0.3 is 0 Å². The van der Waals surface area contributed by atoms with Gasteiger partial charge in [0.25, 0.3) is 0 Å². The maximum absolute atomic E-state index is 5.15. The number of anilines is 1. The highest BCUT2D eigenvalue weighted by molar-refractivity contribution is 7.15. The van der Waals surface area contributed by atoms with Gasteiger partial charge in [-0.25, -0.2) is 4.98 Å². The van der Waals surface area contributed by atoms with Crippen LogP contribution in [0.4, 0.5) is 5.13 Å². The molecule has 0 saturated heterocycles. The predicted octanol–water partition coefficient (Wildman–Crippen LogP) is 2.85. The molecule has 1 atom stereocenters. The van der Waals surface area contributed by atoms with Crippen molar-refractivity contribution in [1.29, 1.82) is 0 Å². The van der Waals surface area contributed by atoms with Gasteiger partial charge in [-0.05, 0) is 24.8 Å². The molecule has 114 valence electrons. The summed E-state index contributed by atoms with van der Waals surface area (Å²) in [5.41, 5.74) is 1.62. The summed E-state index contributed by atoms with van der Waals surface area (Å²) < 4.78 is 5.15. The predicted molar refractivity (Wildman–Crippen MR) is 85.8 cm³/mol. The quantitative estimate of drug-likeness (QED) is 0.876. The summed E-state index contributed by atoms with van der Waals surface area (Å²) in [6.07, 6.45) is 2.27. The Labute approximate surface area is 126 Å². The lowest BCUT2D eigenvalue weighted by Gasteiger charge is -2.34. The van der Waals surface area contributed by atoms with Crippen LogP contribution in [0.3, 0.4) is 0 Å². The van der Waals surface area contributed by atoms with E-state index in [4.69, 9.17) is 9.72 Å². The molecule has 1 N–H and O–H groups in total. The number of rotatable bonds is 6. The molecule has 1 aliphatic carbocycles. The Bertz CT molecular complexity index is 444. The first kappa shape index (κ1) is 15.7. The number of likely N-dealkylation sites (N-methyl/N-ethyl adjacent to an activating group) is 1. The van der Waals surface area contributed by atoms with Crippen molar-refractivity contribution < 1.29 is 4.74 Å². The Hall–Kier alpha value is -0.650. The number of hydrogen-bond acceptors (Lipinski definition) is 5. The fourth-order valence-corrected chi connectivity index (χ4v) is 3.96. The number of nitrogens with one attached hydrogen (secondary N) is 1. The average Bonchev–Trinajstić information content (AvgIpc) is 2.78. The van der Waals surface area contributed by atoms with E-state index >= 15 is 0 Å². The topological polar surface area (TPSA) is 37.4 Å². The minimum Gasteiger partial charge on any atom is -0.383 e. The molecule has 0 aromatic carbocycles. The second kappa shape index (κ2) is 6.41. The lowest BCUT2D eigenvalue weighted by atomic mass is 9.76. The molecule has 1 aliphatic rings. The average molecular weight is 297 g/mol. The van der Waals surface area contributed by atoms with E-state index in [1.165, 1.54) is 17.0 Å². The smallest absolute Gasteiger partial charge is 0.185 e.